The van der Waals surface area contributed by atoms with E-state index < -0.39 is 17.0 Å². The van der Waals surface area contributed by atoms with Crippen molar-refractivity contribution in [3.63, 3.8) is 0 Å². The number of allylic oxidation sites excluding steroid dienone is 2. The first-order valence-corrected chi connectivity index (χ1v) is 4.18. The average molecular weight is 192 g/mol. The fourth-order valence-corrected chi connectivity index (χ4v) is 1.60. The Labute approximate surface area is 79.9 Å². The van der Waals surface area contributed by atoms with Crippen molar-refractivity contribution in [2.45, 2.75) is 12.1 Å². The summed E-state index contributed by atoms with van der Waals surface area (Å²) in [5.41, 5.74) is 0.505. The summed E-state index contributed by atoms with van der Waals surface area (Å²) in [5.74, 6) is -0.140. The summed E-state index contributed by atoms with van der Waals surface area (Å²) in [6.45, 7) is 0. The lowest BCUT2D eigenvalue weighted by Crippen LogP contribution is -2.44. The summed E-state index contributed by atoms with van der Waals surface area (Å²) in [6, 6.07) is -1.43. The van der Waals surface area contributed by atoms with Gasteiger partial charge in [-0.2, -0.15) is 0 Å². The van der Waals surface area contributed by atoms with Gasteiger partial charge in [0.2, 0.25) is 0 Å². The molecule has 0 radical (unpaired) electrons. The molecule has 72 valence electrons. The van der Waals surface area contributed by atoms with Crippen LogP contribution in [0.1, 0.15) is 0 Å². The number of nitro groups is 1. The zero-order valence-electron chi connectivity index (χ0n) is 7.21. The van der Waals surface area contributed by atoms with Gasteiger partial charge in [-0.3, -0.25) is 14.9 Å². The van der Waals surface area contributed by atoms with Gasteiger partial charge in [-0.15, -0.1) is 0 Å². The van der Waals surface area contributed by atoms with Crippen molar-refractivity contribution < 1.29 is 9.72 Å². The summed E-state index contributed by atoms with van der Waals surface area (Å²) in [6.07, 6.45) is 7.49. The van der Waals surface area contributed by atoms with Crippen LogP contribution < -0.4 is 5.32 Å². The molecule has 0 spiro atoms. The molecule has 0 saturated carbocycles. The molecule has 0 bridgehead atoms. The second-order valence-corrected chi connectivity index (χ2v) is 3.12. The Morgan fingerprint density at radius 1 is 1.50 bits per heavy atom. The van der Waals surface area contributed by atoms with Crippen LogP contribution in [-0.2, 0) is 4.79 Å². The van der Waals surface area contributed by atoms with Crippen LogP contribution >= 0.6 is 0 Å². The van der Waals surface area contributed by atoms with Gasteiger partial charge in [0.15, 0.2) is 5.78 Å². The van der Waals surface area contributed by atoms with Crippen molar-refractivity contribution in [1.29, 1.82) is 0 Å². The summed E-state index contributed by atoms with van der Waals surface area (Å²) in [5, 5.41) is 13.5. The normalized spacial score (nSPS) is 29.1. The first-order chi connectivity index (χ1) is 6.70. The van der Waals surface area contributed by atoms with Crippen LogP contribution in [0.2, 0.25) is 0 Å². The van der Waals surface area contributed by atoms with E-state index in [-0.39, 0.29) is 5.78 Å². The largest absolute Gasteiger partial charge is 0.377 e. The Morgan fingerprint density at radius 2 is 2.29 bits per heavy atom. The summed E-state index contributed by atoms with van der Waals surface area (Å²) >= 11 is 0. The highest BCUT2D eigenvalue weighted by Crippen LogP contribution is 2.21. The van der Waals surface area contributed by atoms with Crippen LogP contribution in [0.3, 0.4) is 0 Å². The molecule has 5 nitrogen and oxygen atoms in total. The minimum atomic E-state index is -0.879. The third kappa shape index (κ3) is 1.22. The molecule has 1 aliphatic carbocycles. The van der Waals surface area contributed by atoms with Crippen LogP contribution in [0.4, 0.5) is 0 Å². The van der Waals surface area contributed by atoms with Gasteiger partial charge in [0.25, 0.3) is 6.04 Å². The van der Waals surface area contributed by atoms with Gasteiger partial charge in [-0.05, 0) is 24.4 Å². The maximum atomic E-state index is 11.4. The third-order valence-corrected chi connectivity index (χ3v) is 2.28. The van der Waals surface area contributed by atoms with Crippen molar-refractivity contribution in [1.82, 2.24) is 5.32 Å². The molecule has 1 aliphatic heterocycles. The van der Waals surface area contributed by atoms with Gasteiger partial charge in [-0.25, -0.2) is 0 Å². The number of carbonyl (C=O) groups excluding carboxylic acids is 1. The molecular formula is C9H8N2O3. The van der Waals surface area contributed by atoms with Gasteiger partial charge in [0, 0.05) is 10.5 Å². The van der Waals surface area contributed by atoms with Crippen molar-refractivity contribution in [2.24, 2.45) is 0 Å². The number of hydrogen-bond donors (Lipinski definition) is 1. The molecule has 0 saturated heterocycles. The number of hydrogen-bond acceptors (Lipinski definition) is 4. The smallest absolute Gasteiger partial charge is 0.255 e. The number of fused-ring (bicyclic) bond motifs is 1. The lowest BCUT2D eigenvalue weighted by molar-refractivity contribution is -0.500. The van der Waals surface area contributed by atoms with Crippen LogP contribution in [0, 0.1) is 10.1 Å². The molecule has 0 aromatic heterocycles. The second-order valence-electron chi connectivity index (χ2n) is 3.12. The number of carbonyl (C=O) groups is 1. The minimum Gasteiger partial charge on any atom is -0.377 e. The highest BCUT2D eigenvalue weighted by atomic mass is 16.6. The minimum absolute atomic E-state index is 0.140. The molecule has 1 N–H and O–H groups in total. The lowest BCUT2D eigenvalue weighted by atomic mass is 9.89. The van der Waals surface area contributed by atoms with E-state index in [1.165, 1.54) is 12.2 Å². The van der Waals surface area contributed by atoms with E-state index in [1.807, 2.05) is 0 Å². The van der Waals surface area contributed by atoms with E-state index >= 15 is 0 Å². The SMILES string of the molecule is O=C1C=CC([N+](=O)[O-])C2=CC=CNC12. The monoisotopic (exact) mass is 192 g/mol. The molecule has 14 heavy (non-hydrogen) atoms. The predicted octanol–water partition coefficient (Wildman–Crippen LogP) is 0.182. The van der Waals surface area contributed by atoms with E-state index in [0.717, 1.165) is 0 Å². The fraction of sp³-hybridized carbons (Fsp3) is 0.222. The van der Waals surface area contributed by atoms with Gasteiger partial charge in [-0.1, -0.05) is 6.08 Å². The third-order valence-electron chi connectivity index (χ3n) is 2.28. The van der Waals surface area contributed by atoms with E-state index in [2.05, 4.69) is 5.32 Å². The molecule has 2 atom stereocenters. The Bertz CT molecular complexity index is 382. The van der Waals surface area contributed by atoms with Gasteiger partial charge >= 0.3 is 0 Å². The maximum absolute atomic E-state index is 11.4. The van der Waals surface area contributed by atoms with Crippen LogP contribution in [0.25, 0.3) is 0 Å². The number of nitrogens with one attached hydrogen (secondary N) is 1. The van der Waals surface area contributed by atoms with Crippen LogP contribution in [-0.4, -0.2) is 22.8 Å². The molecule has 2 aliphatic rings. The fourth-order valence-electron chi connectivity index (χ4n) is 1.60. The van der Waals surface area contributed by atoms with Crippen molar-refractivity contribution in [3.05, 3.63) is 46.2 Å². The first-order valence-electron chi connectivity index (χ1n) is 4.18. The Balaban J connectivity index is 2.42. The summed E-state index contributed by atoms with van der Waals surface area (Å²) < 4.78 is 0. The molecule has 0 aromatic rings. The number of ketones is 1. The molecule has 0 amide bonds. The van der Waals surface area contributed by atoms with Crippen molar-refractivity contribution in [3.8, 4) is 0 Å². The quantitative estimate of drug-likeness (QED) is 0.475. The first kappa shape index (κ1) is 8.68. The summed E-state index contributed by atoms with van der Waals surface area (Å²) in [7, 11) is 0. The van der Waals surface area contributed by atoms with E-state index in [9.17, 15) is 14.9 Å². The number of rotatable bonds is 1. The van der Waals surface area contributed by atoms with Gasteiger partial charge < -0.3 is 5.32 Å². The molecule has 2 rings (SSSR count). The van der Waals surface area contributed by atoms with E-state index in [4.69, 9.17) is 0 Å². The topological polar surface area (TPSA) is 72.2 Å². The highest BCUT2D eigenvalue weighted by molar-refractivity contribution is 5.98. The van der Waals surface area contributed by atoms with Crippen molar-refractivity contribution >= 4 is 5.78 Å². The van der Waals surface area contributed by atoms with Crippen LogP contribution in [0.15, 0.2) is 36.1 Å². The van der Waals surface area contributed by atoms with Gasteiger partial charge in [0.05, 0.1) is 0 Å². The standard InChI is InChI=1S/C9H8N2O3/c12-8-4-3-7(11(13)14)6-2-1-5-10-9(6)8/h1-5,7,9-10H. The Kier molecular flexibility index (Phi) is 1.92. The molecule has 0 aromatic carbocycles. The molecule has 5 heteroatoms. The molecular weight excluding hydrogens is 184 g/mol. The predicted molar refractivity (Wildman–Crippen MR) is 49.1 cm³/mol. The van der Waals surface area contributed by atoms with Gasteiger partial charge in [0.1, 0.15) is 6.04 Å². The molecule has 1 heterocycles. The highest BCUT2D eigenvalue weighted by Gasteiger charge is 2.36. The molecule has 0 fully saturated rings. The zero-order chi connectivity index (χ0) is 10.1. The average Bonchev–Trinajstić information content (AvgIpc) is 2.18. The van der Waals surface area contributed by atoms with E-state index in [0.29, 0.717) is 5.57 Å². The van der Waals surface area contributed by atoms with Crippen molar-refractivity contribution in [2.75, 3.05) is 0 Å². The Morgan fingerprint density at radius 3 is 3.00 bits per heavy atom. The Hall–Kier alpha value is -1.91. The maximum Gasteiger partial charge on any atom is 0.255 e. The lowest BCUT2D eigenvalue weighted by Gasteiger charge is -2.24. The van der Waals surface area contributed by atoms with E-state index in [1.54, 1.807) is 18.4 Å². The zero-order valence-corrected chi connectivity index (χ0v) is 7.21. The number of dihydropyridines is 1. The number of nitrogens with zero attached hydrogens (tertiary/aromatic N) is 1. The summed E-state index contributed by atoms with van der Waals surface area (Å²) in [4.78, 5) is 21.6. The second kappa shape index (κ2) is 3.10. The molecule has 2 unspecified atom stereocenters. The van der Waals surface area contributed by atoms with Crippen LogP contribution in [0.5, 0.6) is 0 Å².